The first kappa shape index (κ1) is 19.4. The van der Waals surface area contributed by atoms with E-state index in [0.29, 0.717) is 33.1 Å². The van der Waals surface area contributed by atoms with Gasteiger partial charge in [0.2, 0.25) is 0 Å². The number of nitrogens with one attached hydrogen (secondary N) is 1. The minimum absolute atomic E-state index is 0.0354. The van der Waals surface area contributed by atoms with Crippen molar-refractivity contribution in [3.8, 4) is 0 Å². The lowest BCUT2D eigenvalue weighted by molar-refractivity contribution is -0.384. The molecule has 1 N–H and O–H groups in total. The fraction of sp³-hybridized carbons (Fsp3) is 0. The minimum atomic E-state index is -0.490. The summed E-state index contributed by atoms with van der Waals surface area (Å²) in [4.78, 5) is 37.6. The normalized spacial score (nSPS) is 14.6. The van der Waals surface area contributed by atoms with Gasteiger partial charge in [-0.25, -0.2) is 4.90 Å². The summed E-state index contributed by atoms with van der Waals surface area (Å²) in [5, 5.41) is 14.3. The molecular weight excluding hydrogens is 406 g/mol. The van der Waals surface area contributed by atoms with Crippen molar-refractivity contribution in [1.82, 2.24) is 0 Å². The van der Waals surface area contributed by atoms with Gasteiger partial charge in [0.1, 0.15) is 0 Å². The second-order valence-corrected chi connectivity index (χ2v) is 6.91. The molecule has 0 unspecified atom stereocenters. The smallest absolute Gasteiger partial charge is 0.269 e. The molecule has 3 aromatic rings. The summed E-state index contributed by atoms with van der Waals surface area (Å²) in [6.45, 7) is 0. The summed E-state index contributed by atoms with van der Waals surface area (Å²) in [5.41, 5.74) is 2.12. The lowest BCUT2D eigenvalue weighted by Gasteiger charge is -2.28. The SMILES string of the molecule is O=C1/C(=C\Nc2ccc([N+](=O)[O-])cc2)c2ccccc2C(=O)N1c1ccc(Cl)cc1. The van der Waals surface area contributed by atoms with Crippen LogP contribution in [0.2, 0.25) is 5.02 Å². The van der Waals surface area contributed by atoms with Gasteiger partial charge in [-0.05, 0) is 42.5 Å². The van der Waals surface area contributed by atoms with Gasteiger partial charge in [-0.15, -0.1) is 0 Å². The second kappa shape index (κ2) is 7.81. The molecule has 1 aliphatic heterocycles. The standard InChI is InChI=1S/C22H14ClN3O4/c23-14-5-9-16(10-6-14)25-21(27)19-4-2-1-3-18(19)20(22(25)28)13-24-15-7-11-17(12-8-15)26(29)30/h1-13,24H/b20-13-. The van der Waals surface area contributed by atoms with Crippen molar-refractivity contribution < 1.29 is 14.5 Å². The van der Waals surface area contributed by atoms with Gasteiger partial charge in [-0.3, -0.25) is 19.7 Å². The molecule has 148 valence electrons. The van der Waals surface area contributed by atoms with Gasteiger partial charge in [-0.2, -0.15) is 0 Å². The summed E-state index contributed by atoms with van der Waals surface area (Å²) in [7, 11) is 0. The number of hydrogen-bond acceptors (Lipinski definition) is 5. The number of rotatable bonds is 4. The van der Waals surface area contributed by atoms with Crippen LogP contribution in [0.3, 0.4) is 0 Å². The molecule has 0 fully saturated rings. The van der Waals surface area contributed by atoms with E-state index >= 15 is 0 Å². The molecule has 0 saturated carbocycles. The van der Waals surface area contributed by atoms with Crippen LogP contribution in [-0.2, 0) is 4.79 Å². The van der Waals surface area contributed by atoms with Gasteiger partial charge in [-0.1, -0.05) is 29.8 Å². The van der Waals surface area contributed by atoms with E-state index < -0.39 is 16.7 Å². The zero-order valence-corrected chi connectivity index (χ0v) is 16.2. The Labute approximate surface area is 176 Å². The Hall–Kier alpha value is -3.97. The van der Waals surface area contributed by atoms with Crippen molar-refractivity contribution in [1.29, 1.82) is 0 Å². The quantitative estimate of drug-likeness (QED) is 0.281. The van der Waals surface area contributed by atoms with Gasteiger partial charge in [0.15, 0.2) is 0 Å². The van der Waals surface area contributed by atoms with Gasteiger partial charge < -0.3 is 5.32 Å². The Morgan fingerprint density at radius 1 is 0.867 bits per heavy atom. The lowest BCUT2D eigenvalue weighted by Crippen LogP contribution is -2.42. The Bertz CT molecular complexity index is 1190. The first-order valence-corrected chi connectivity index (χ1v) is 9.28. The molecule has 8 heteroatoms. The molecule has 4 rings (SSSR count). The maximum absolute atomic E-state index is 13.2. The maximum Gasteiger partial charge on any atom is 0.269 e. The summed E-state index contributed by atoms with van der Waals surface area (Å²) >= 11 is 5.93. The molecule has 1 heterocycles. The molecule has 0 aliphatic carbocycles. The van der Waals surface area contributed by atoms with Gasteiger partial charge in [0, 0.05) is 40.2 Å². The molecule has 0 aromatic heterocycles. The summed E-state index contributed by atoms with van der Waals surface area (Å²) in [6.07, 6.45) is 1.50. The fourth-order valence-corrected chi connectivity index (χ4v) is 3.28. The molecule has 3 aromatic carbocycles. The zero-order valence-electron chi connectivity index (χ0n) is 15.4. The molecule has 0 atom stereocenters. The monoisotopic (exact) mass is 419 g/mol. The summed E-state index contributed by atoms with van der Waals surface area (Å²) in [5.74, 6) is -0.916. The van der Waals surface area contributed by atoms with Crippen LogP contribution in [0.4, 0.5) is 17.1 Å². The highest BCUT2D eigenvalue weighted by Gasteiger charge is 2.35. The number of amides is 2. The number of nitrogens with zero attached hydrogens (tertiary/aromatic N) is 2. The van der Waals surface area contributed by atoms with Crippen molar-refractivity contribution in [3.63, 3.8) is 0 Å². The third-order valence-corrected chi connectivity index (χ3v) is 4.88. The van der Waals surface area contributed by atoms with E-state index in [9.17, 15) is 19.7 Å². The van der Waals surface area contributed by atoms with Crippen LogP contribution in [0.15, 0.2) is 79.0 Å². The third kappa shape index (κ3) is 3.54. The van der Waals surface area contributed by atoms with Crippen molar-refractivity contribution in [2.24, 2.45) is 0 Å². The van der Waals surface area contributed by atoms with Crippen LogP contribution >= 0.6 is 11.6 Å². The van der Waals surface area contributed by atoms with Crippen LogP contribution in [0.25, 0.3) is 5.57 Å². The molecule has 0 radical (unpaired) electrons. The molecular formula is C22H14ClN3O4. The maximum atomic E-state index is 13.2. The number of carbonyl (C=O) groups is 2. The van der Waals surface area contributed by atoms with Crippen LogP contribution < -0.4 is 10.2 Å². The number of nitro benzene ring substituents is 1. The first-order chi connectivity index (χ1) is 14.5. The van der Waals surface area contributed by atoms with Crippen molar-refractivity contribution >= 4 is 46.1 Å². The molecule has 2 amide bonds. The van der Waals surface area contributed by atoms with Gasteiger partial charge >= 0.3 is 0 Å². The highest BCUT2D eigenvalue weighted by molar-refractivity contribution is 6.41. The van der Waals surface area contributed by atoms with E-state index in [0.717, 1.165) is 4.90 Å². The number of fused-ring (bicyclic) bond motifs is 1. The predicted octanol–water partition coefficient (Wildman–Crippen LogP) is 4.89. The Morgan fingerprint density at radius 2 is 1.50 bits per heavy atom. The topological polar surface area (TPSA) is 92.5 Å². The highest BCUT2D eigenvalue weighted by atomic mass is 35.5. The molecule has 0 spiro atoms. The number of benzene rings is 3. The van der Waals surface area contributed by atoms with Crippen molar-refractivity contribution in [2.75, 3.05) is 10.2 Å². The fourth-order valence-electron chi connectivity index (χ4n) is 3.15. The van der Waals surface area contributed by atoms with Gasteiger partial charge in [0.05, 0.1) is 16.2 Å². The number of halogens is 1. The zero-order chi connectivity index (χ0) is 21.3. The van der Waals surface area contributed by atoms with E-state index in [4.69, 9.17) is 11.6 Å². The number of hydrogen-bond donors (Lipinski definition) is 1. The Morgan fingerprint density at radius 3 is 2.13 bits per heavy atom. The number of imide groups is 1. The second-order valence-electron chi connectivity index (χ2n) is 6.47. The average molecular weight is 420 g/mol. The highest BCUT2D eigenvalue weighted by Crippen LogP contribution is 2.32. The summed E-state index contributed by atoms with van der Waals surface area (Å²) < 4.78 is 0. The van der Waals surface area contributed by atoms with Crippen LogP contribution in [0.5, 0.6) is 0 Å². The molecule has 30 heavy (non-hydrogen) atoms. The number of nitro groups is 1. The number of carbonyl (C=O) groups excluding carboxylic acids is 2. The van der Waals surface area contributed by atoms with E-state index in [1.54, 1.807) is 48.5 Å². The van der Waals surface area contributed by atoms with E-state index in [1.165, 1.54) is 30.5 Å². The van der Waals surface area contributed by atoms with Crippen LogP contribution in [-0.4, -0.2) is 16.7 Å². The van der Waals surface area contributed by atoms with Crippen molar-refractivity contribution in [2.45, 2.75) is 0 Å². The number of non-ortho nitro benzene ring substituents is 1. The summed E-state index contributed by atoms with van der Waals surface area (Å²) in [6, 6.07) is 19.1. The first-order valence-electron chi connectivity index (χ1n) is 8.90. The molecule has 0 saturated heterocycles. The van der Waals surface area contributed by atoms with E-state index in [-0.39, 0.29) is 5.69 Å². The minimum Gasteiger partial charge on any atom is -0.361 e. The van der Waals surface area contributed by atoms with Crippen LogP contribution in [0.1, 0.15) is 15.9 Å². The molecule has 0 bridgehead atoms. The molecule has 7 nitrogen and oxygen atoms in total. The third-order valence-electron chi connectivity index (χ3n) is 4.63. The predicted molar refractivity (Wildman–Crippen MR) is 114 cm³/mol. The Balaban J connectivity index is 1.73. The molecule has 1 aliphatic rings. The van der Waals surface area contributed by atoms with Crippen LogP contribution in [0, 0.1) is 10.1 Å². The Kier molecular flexibility index (Phi) is 5.04. The largest absolute Gasteiger partial charge is 0.361 e. The average Bonchev–Trinajstić information content (AvgIpc) is 2.75. The lowest BCUT2D eigenvalue weighted by atomic mass is 9.93. The van der Waals surface area contributed by atoms with E-state index in [2.05, 4.69) is 5.32 Å². The van der Waals surface area contributed by atoms with Gasteiger partial charge in [0.25, 0.3) is 17.5 Å². The van der Waals surface area contributed by atoms with Crippen molar-refractivity contribution in [3.05, 3.63) is 105 Å². The number of anilines is 2. The van der Waals surface area contributed by atoms with E-state index in [1.807, 2.05) is 0 Å².